The minimum atomic E-state index is -3.64. The van der Waals surface area contributed by atoms with Crippen LogP contribution in [-0.2, 0) is 16.4 Å². The third-order valence-electron chi connectivity index (χ3n) is 5.72. The summed E-state index contributed by atoms with van der Waals surface area (Å²) >= 11 is 13.6. The summed E-state index contributed by atoms with van der Waals surface area (Å²) in [5, 5.41) is 3.66. The average molecular weight is 511 g/mol. The van der Waals surface area contributed by atoms with E-state index in [4.69, 9.17) is 28.2 Å². The summed E-state index contributed by atoms with van der Waals surface area (Å²) < 4.78 is 27.5. The van der Waals surface area contributed by atoms with Crippen molar-refractivity contribution >= 4 is 49.7 Å². The monoisotopic (exact) mass is 509 g/mol. The summed E-state index contributed by atoms with van der Waals surface area (Å²) in [6.45, 7) is 8.36. The Hall–Kier alpha value is -1.64. The lowest BCUT2D eigenvalue weighted by atomic mass is 9.96. The highest BCUT2D eigenvalue weighted by Gasteiger charge is 2.30. The lowest BCUT2D eigenvalue weighted by Gasteiger charge is -2.33. The largest absolute Gasteiger partial charge is 0.345 e. The number of aromatic nitrogens is 1. The number of anilines is 1. The van der Waals surface area contributed by atoms with Gasteiger partial charge in [-0.25, -0.2) is 13.4 Å². The van der Waals surface area contributed by atoms with Crippen LogP contribution in [0.4, 0.5) is 5.13 Å². The molecule has 0 amide bonds. The van der Waals surface area contributed by atoms with Crippen molar-refractivity contribution in [3.8, 4) is 0 Å². The number of benzene rings is 2. The van der Waals surface area contributed by atoms with Crippen LogP contribution in [0.1, 0.15) is 27.9 Å². The second-order valence-electron chi connectivity index (χ2n) is 8.17. The fourth-order valence-electron chi connectivity index (χ4n) is 4.14. The molecule has 2 aromatic carbocycles. The number of rotatable bonds is 5. The molecule has 0 atom stereocenters. The van der Waals surface area contributed by atoms with E-state index >= 15 is 0 Å². The van der Waals surface area contributed by atoms with Gasteiger partial charge in [-0.05, 0) is 55.7 Å². The van der Waals surface area contributed by atoms with Gasteiger partial charge in [-0.15, -0.1) is 11.3 Å². The second-order valence-corrected chi connectivity index (χ2v) is 11.8. The van der Waals surface area contributed by atoms with Gasteiger partial charge in [-0.2, -0.15) is 4.31 Å². The zero-order valence-corrected chi connectivity index (χ0v) is 21.4. The molecular weight excluding hydrogens is 485 g/mol. The van der Waals surface area contributed by atoms with E-state index in [1.807, 2.05) is 0 Å². The molecule has 170 valence electrons. The molecule has 1 aliphatic heterocycles. The van der Waals surface area contributed by atoms with Gasteiger partial charge in [-0.3, -0.25) is 0 Å². The normalized spacial score (nSPS) is 15.3. The van der Waals surface area contributed by atoms with Crippen LogP contribution in [0.2, 0.25) is 10.0 Å². The zero-order valence-electron chi connectivity index (χ0n) is 18.2. The molecule has 0 aliphatic carbocycles. The summed E-state index contributed by atoms with van der Waals surface area (Å²) in [6.07, 6.45) is 0.804. The lowest BCUT2D eigenvalue weighted by Crippen LogP contribution is -2.48. The van der Waals surface area contributed by atoms with E-state index in [1.165, 1.54) is 44.8 Å². The number of nitrogens with zero attached hydrogens (tertiary/aromatic N) is 3. The SMILES string of the molecule is Cc1cc(C)c(Cc2csc(N3CCN(S(=O)(=O)c4cc(Cl)cc(Cl)c4)CC3)n2)c(C)c1. The van der Waals surface area contributed by atoms with Gasteiger partial charge in [0.2, 0.25) is 10.0 Å². The molecule has 2 heterocycles. The number of piperazine rings is 1. The number of aryl methyl sites for hydroxylation is 3. The van der Waals surface area contributed by atoms with E-state index in [9.17, 15) is 8.42 Å². The topological polar surface area (TPSA) is 53.5 Å². The molecule has 5 nitrogen and oxygen atoms in total. The maximum atomic E-state index is 13.0. The van der Waals surface area contributed by atoms with Crippen LogP contribution < -0.4 is 4.90 Å². The second kappa shape index (κ2) is 9.31. The van der Waals surface area contributed by atoms with Crippen molar-refractivity contribution in [1.29, 1.82) is 0 Å². The Morgan fingerprint density at radius 2 is 1.53 bits per heavy atom. The van der Waals surface area contributed by atoms with Crippen LogP contribution in [0.3, 0.4) is 0 Å². The van der Waals surface area contributed by atoms with Crippen molar-refractivity contribution in [2.24, 2.45) is 0 Å². The molecule has 0 bridgehead atoms. The molecule has 0 N–H and O–H groups in total. The fraction of sp³-hybridized carbons (Fsp3) is 0.348. The van der Waals surface area contributed by atoms with Gasteiger partial charge in [0.15, 0.2) is 5.13 Å². The number of halogens is 2. The van der Waals surface area contributed by atoms with Crippen LogP contribution in [-0.4, -0.2) is 43.9 Å². The molecule has 3 aromatic rings. The van der Waals surface area contributed by atoms with Crippen LogP contribution in [0.5, 0.6) is 0 Å². The van der Waals surface area contributed by atoms with Crippen molar-refractivity contribution < 1.29 is 8.42 Å². The van der Waals surface area contributed by atoms with Crippen LogP contribution in [0.25, 0.3) is 0 Å². The molecule has 0 radical (unpaired) electrons. The van der Waals surface area contributed by atoms with E-state index in [2.05, 4.69) is 43.2 Å². The van der Waals surface area contributed by atoms with Crippen molar-refractivity contribution in [3.05, 3.63) is 73.7 Å². The molecule has 1 aromatic heterocycles. The minimum absolute atomic E-state index is 0.129. The molecular formula is C23H25Cl2N3O2S2. The van der Waals surface area contributed by atoms with E-state index in [0.29, 0.717) is 36.2 Å². The van der Waals surface area contributed by atoms with Gasteiger partial charge in [0.25, 0.3) is 0 Å². The third-order valence-corrected chi connectivity index (χ3v) is 8.98. The van der Waals surface area contributed by atoms with Crippen LogP contribution >= 0.6 is 34.5 Å². The summed E-state index contributed by atoms with van der Waals surface area (Å²) in [6, 6.07) is 8.83. The highest BCUT2D eigenvalue weighted by Crippen LogP contribution is 2.28. The smallest absolute Gasteiger partial charge is 0.243 e. The fourth-order valence-corrected chi connectivity index (χ4v) is 7.17. The Labute approximate surface area is 203 Å². The van der Waals surface area contributed by atoms with Crippen LogP contribution in [0, 0.1) is 20.8 Å². The minimum Gasteiger partial charge on any atom is -0.345 e. The molecule has 9 heteroatoms. The molecule has 0 unspecified atom stereocenters. The van der Waals surface area contributed by atoms with E-state index < -0.39 is 10.0 Å². The van der Waals surface area contributed by atoms with Crippen molar-refractivity contribution in [2.45, 2.75) is 32.1 Å². The molecule has 0 spiro atoms. The van der Waals surface area contributed by atoms with Gasteiger partial charge in [-0.1, -0.05) is 40.9 Å². The van der Waals surface area contributed by atoms with Crippen LogP contribution in [0.15, 0.2) is 40.6 Å². The molecule has 4 rings (SSSR count). The molecule has 1 aliphatic rings. The van der Waals surface area contributed by atoms with Gasteiger partial charge in [0.1, 0.15) is 0 Å². The van der Waals surface area contributed by atoms with Crippen molar-refractivity contribution in [2.75, 3.05) is 31.1 Å². The van der Waals surface area contributed by atoms with Crippen molar-refractivity contribution in [3.63, 3.8) is 0 Å². The number of sulfonamides is 1. The Balaban J connectivity index is 1.44. The first-order valence-electron chi connectivity index (χ1n) is 10.4. The Kier molecular flexibility index (Phi) is 6.84. The van der Waals surface area contributed by atoms with Gasteiger partial charge >= 0.3 is 0 Å². The summed E-state index contributed by atoms with van der Waals surface area (Å²) in [7, 11) is -3.64. The summed E-state index contributed by atoms with van der Waals surface area (Å²) in [5.74, 6) is 0. The van der Waals surface area contributed by atoms with E-state index in [-0.39, 0.29) is 4.90 Å². The number of thiazole rings is 1. The predicted octanol–water partition coefficient (Wildman–Crippen LogP) is 5.48. The maximum absolute atomic E-state index is 13.0. The molecule has 1 fully saturated rings. The lowest BCUT2D eigenvalue weighted by molar-refractivity contribution is 0.384. The number of hydrogen-bond acceptors (Lipinski definition) is 5. The summed E-state index contributed by atoms with van der Waals surface area (Å²) in [4.78, 5) is 7.13. The Morgan fingerprint density at radius 3 is 2.12 bits per heavy atom. The molecule has 0 saturated carbocycles. The third kappa shape index (κ3) is 4.97. The van der Waals surface area contributed by atoms with Gasteiger partial charge < -0.3 is 4.90 Å². The quantitative estimate of drug-likeness (QED) is 0.457. The van der Waals surface area contributed by atoms with Crippen molar-refractivity contribution in [1.82, 2.24) is 9.29 Å². The predicted molar refractivity (Wildman–Crippen MR) is 133 cm³/mol. The average Bonchev–Trinajstić information content (AvgIpc) is 3.19. The Morgan fingerprint density at radius 1 is 0.938 bits per heavy atom. The molecule has 32 heavy (non-hydrogen) atoms. The zero-order chi connectivity index (χ0) is 23.0. The van der Waals surface area contributed by atoms with Gasteiger partial charge in [0, 0.05) is 48.0 Å². The first-order valence-corrected chi connectivity index (χ1v) is 13.4. The van der Waals surface area contributed by atoms with Gasteiger partial charge in [0.05, 0.1) is 10.6 Å². The Bertz CT molecular complexity index is 1210. The highest BCUT2D eigenvalue weighted by molar-refractivity contribution is 7.89. The highest BCUT2D eigenvalue weighted by atomic mass is 35.5. The maximum Gasteiger partial charge on any atom is 0.243 e. The standard InChI is InChI=1S/C23H25Cl2N3O2S2/c1-15-8-16(2)22(17(3)9-15)13-20-14-31-23(26-20)27-4-6-28(7-5-27)32(29,30)21-11-18(24)10-19(25)12-21/h8-12,14H,4-7,13H2,1-3H3. The molecule has 1 saturated heterocycles. The first kappa shape index (κ1) is 23.5. The summed E-state index contributed by atoms with van der Waals surface area (Å²) in [5.41, 5.74) is 6.22. The first-order chi connectivity index (χ1) is 15.1. The number of hydrogen-bond donors (Lipinski definition) is 0. The van der Waals surface area contributed by atoms with E-state index in [1.54, 1.807) is 11.3 Å². The van der Waals surface area contributed by atoms with E-state index in [0.717, 1.165) is 17.2 Å².